The van der Waals surface area contributed by atoms with Crippen molar-refractivity contribution < 1.29 is 14.3 Å². The minimum absolute atomic E-state index is 0.248. The van der Waals surface area contributed by atoms with E-state index in [2.05, 4.69) is 26.3 Å². The van der Waals surface area contributed by atoms with Gasteiger partial charge in [-0.05, 0) is 40.5 Å². The van der Waals surface area contributed by atoms with E-state index in [1.54, 1.807) is 20.2 Å². The molecule has 0 aliphatic rings. The molecule has 0 saturated heterocycles. The monoisotopic (exact) mass is 353 g/mol. The van der Waals surface area contributed by atoms with E-state index in [1.807, 2.05) is 19.1 Å². The van der Waals surface area contributed by atoms with Crippen molar-refractivity contribution in [2.75, 3.05) is 19.5 Å². The maximum atomic E-state index is 12.4. The second-order valence-electron chi connectivity index (χ2n) is 4.45. The number of nitrogens with one attached hydrogen (secondary N) is 1. The summed E-state index contributed by atoms with van der Waals surface area (Å²) in [6.07, 6.45) is 0. The highest BCUT2D eigenvalue weighted by molar-refractivity contribution is 9.10. The Balaban J connectivity index is 2.32. The summed E-state index contributed by atoms with van der Waals surface area (Å²) in [5.74, 6) is 0.731. The number of rotatable bonds is 4. The zero-order valence-corrected chi connectivity index (χ0v) is 13.8. The molecular weight excluding hydrogens is 338 g/mol. The van der Waals surface area contributed by atoms with Gasteiger partial charge in [-0.1, -0.05) is 6.07 Å². The molecule has 0 bridgehead atoms. The average molecular weight is 354 g/mol. The average Bonchev–Trinajstić information content (AvgIpc) is 2.73. The highest BCUT2D eigenvalue weighted by atomic mass is 79.9. The quantitative estimate of drug-likeness (QED) is 0.917. The molecular formula is C14H16BrN3O3. The Morgan fingerprint density at radius 2 is 2.05 bits per heavy atom. The molecule has 7 heteroatoms. The molecule has 6 nitrogen and oxygen atoms in total. The second kappa shape index (κ2) is 6.17. The van der Waals surface area contributed by atoms with Crippen molar-refractivity contribution in [3.8, 4) is 11.6 Å². The fourth-order valence-corrected chi connectivity index (χ4v) is 2.63. The van der Waals surface area contributed by atoms with E-state index < -0.39 is 0 Å². The number of amides is 1. The van der Waals surface area contributed by atoms with E-state index in [4.69, 9.17) is 9.47 Å². The lowest BCUT2D eigenvalue weighted by Gasteiger charge is -2.10. The van der Waals surface area contributed by atoms with Crippen LogP contribution in [-0.2, 0) is 7.05 Å². The third-order valence-electron chi connectivity index (χ3n) is 2.95. The molecule has 0 aliphatic carbocycles. The number of halogens is 1. The number of carbonyl (C=O) groups is 1. The number of ether oxygens (including phenoxy) is 2. The molecule has 112 valence electrons. The van der Waals surface area contributed by atoms with Gasteiger partial charge in [-0.25, -0.2) is 4.68 Å². The minimum Gasteiger partial charge on any atom is -0.495 e. The van der Waals surface area contributed by atoms with Gasteiger partial charge in [0.1, 0.15) is 10.2 Å². The van der Waals surface area contributed by atoms with Crippen molar-refractivity contribution in [3.63, 3.8) is 0 Å². The van der Waals surface area contributed by atoms with Gasteiger partial charge in [0.2, 0.25) is 5.88 Å². The van der Waals surface area contributed by atoms with E-state index in [-0.39, 0.29) is 11.6 Å². The molecule has 21 heavy (non-hydrogen) atoms. The Morgan fingerprint density at radius 3 is 2.62 bits per heavy atom. The number of benzene rings is 1. The summed E-state index contributed by atoms with van der Waals surface area (Å²) in [5, 5.41) is 6.95. The molecule has 0 unspecified atom stereocenters. The molecule has 1 aromatic heterocycles. The van der Waals surface area contributed by atoms with E-state index in [9.17, 15) is 4.79 Å². The number of aryl methyl sites for hydroxylation is 2. The lowest BCUT2D eigenvalue weighted by molar-refractivity contribution is 0.102. The summed E-state index contributed by atoms with van der Waals surface area (Å²) < 4.78 is 12.4. The van der Waals surface area contributed by atoms with Gasteiger partial charge in [-0.3, -0.25) is 4.79 Å². The normalized spacial score (nSPS) is 10.3. The molecule has 0 atom stereocenters. The second-order valence-corrected chi connectivity index (χ2v) is 5.25. The zero-order valence-electron chi connectivity index (χ0n) is 12.2. The summed E-state index contributed by atoms with van der Waals surface area (Å²) in [7, 11) is 4.78. The highest BCUT2D eigenvalue weighted by Gasteiger charge is 2.21. The predicted molar refractivity (Wildman–Crippen MR) is 83.1 cm³/mol. The number of methoxy groups -OCH3 is 2. The molecule has 1 aromatic carbocycles. The fraction of sp³-hybridized carbons (Fsp3) is 0.286. The summed E-state index contributed by atoms with van der Waals surface area (Å²) in [6, 6.07) is 5.55. The molecule has 0 fully saturated rings. The van der Waals surface area contributed by atoms with E-state index in [0.717, 1.165) is 5.56 Å². The van der Waals surface area contributed by atoms with Gasteiger partial charge in [0, 0.05) is 7.05 Å². The smallest absolute Gasteiger partial charge is 0.277 e. The molecule has 1 N–H and O–H groups in total. The number of carbonyl (C=O) groups excluding carboxylic acids is 1. The number of nitrogens with zero attached hydrogens (tertiary/aromatic N) is 2. The van der Waals surface area contributed by atoms with Crippen LogP contribution < -0.4 is 14.8 Å². The highest BCUT2D eigenvalue weighted by Crippen LogP contribution is 2.30. The molecule has 2 rings (SSSR count). The Kier molecular flexibility index (Phi) is 4.52. The Morgan fingerprint density at radius 1 is 1.33 bits per heavy atom. The molecule has 1 amide bonds. The van der Waals surface area contributed by atoms with E-state index in [0.29, 0.717) is 21.8 Å². The summed E-state index contributed by atoms with van der Waals surface area (Å²) in [4.78, 5) is 12.4. The first-order valence-corrected chi connectivity index (χ1v) is 6.99. The van der Waals surface area contributed by atoms with Gasteiger partial charge in [0.15, 0.2) is 5.69 Å². The van der Waals surface area contributed by atoms with Gasteiger partial charge >= 0.3 is 0 Å². The van der Waals surface area contributed by atoms with Crippen LogP contribution in [0.25, 0.3) is 0 Å². The SMILES string of the molecule is COc1ccc(C)cc1NC(=O)c1nn(C)c(OC)c1Br. The first-order chi connectivity index (χ1) is 9.97. The van der Waals surface area contributed by atoms with Crippen LogP contribution in [0, 0.1) is 6.92 Å². The van der Waals surface area contributed by atoms with Crippen LogP contribution in [0.1, 0.15) is 16.1 Å². The van der Waals surface area contributed by atoms with Crippen LogP contribution >= 0.6 is 15.9 Å². The first kappa shape index (κ1) is 15.4. The van der Waals surface area contributed by atoms with E-state index >= 15 is 0 Å². The number of aromatic nitrogens is 2. The molecule has 0 radical (unpaired) electrons. The Hall–Kier alpha value is -2.02. The van der Waals surface area contributed by atoms with Crippen molar-refractivity contribution in [1.82, 2.24) is 9.78 Å². The predicted octanol–water partition coefficient (Wildman–Crippen LogP) is 2.76. The topological polar surface area (TPSA) is 65.4 Å². The van der Waals surface area contributed by atoms with Crippen molar-refractivity contribution >= 4 is 27.5 Å². The van der Waals surface area contributed by atoms with Crippen LogP contribution in [0.15, 0.2) is 22.7 Å². The molecule has 1 heterocycles. The lowest BCUT2D eigenvalue weighted by Crippen LogP contribution is -2.14. The van der Waals surface area contributed by atoms with Gasteiger partial charge in [0.25, 0.3) is 5.91 Å². The van der Waals surface area contributed by atoms with Gasteiger partial charge < -0.3 is 14.8 Å². The first-order valence-electron chi connectivity index (χ1n) is 6.20. The standard InChI is InChI=1S/C14H16BrN3O3/c1-8-5-6-10(20-3)9(7-8)16-13(19)12-11(15)14(21-4)18(2)17-12/h5-7H,1-4H3,(H,16,19). The molecule has 2 aromatic rings. The molecule has 0 spiro atoms. The molecule has 0 aliphatic heterocycles. The van der Waals surface area contributed by atoms with E-state index in [1.165, 1.54) is 11.8 Å². The number of hydrogen-bond acceptors (Lipinski definition) is 4. The van der Waals surface area contributed by atoms with Crippen LogP contribution in [0.5, 0.6) is 11.6 Å². The Labute approximate surface area is 131 Å². The van der Waals surface area contributed by atoms with Crippen molar-refractivity contribution in [1.29, 1.82) is 0 Å². The maximum absolute atomic E-state index is 12.4. The van der Waals surface area contributed by atoms with Gasteiger partial charge in [-0.15, -0.1) is 0 Å². The summed E-state index contributed by atoms with van der Waals surface area (Å²) in [5.41, 5.74) is 1.86. The fourth-order valence-electron chi connectivity index (χ4n) is 1.95. The minimum atomic E-state index is -0.343. The third kappa shape index (κ3) is 3.02. The number of hydrogen-bond donors (Lipinski definition) is 1. The van der Waals surface area contributed by atoms with Gasteiger partial charge in [-0.2, -0.15) is 5.10 Å². The largest absolute Gasteiger partial charge is 0.495 e. The summed E-state index contributed by atoms with van der Waals surface area (Å²) >= 11 is 3.33. The van der Waals surface area contributed by atoms with Crippen LogP contribution in [0.3, 0.4) is 0 Å². The maximum Gasteiger partial charge on any atom is 0.277 e. The van der Waals surface area contributed by atoms with Crippen LogP contribution in [0.2, 0.25) is 0 Å². The number of anilines is 1. The van der Waals surface area contributed by atoms with Crippen molar-refractivity contribution in [2.24, 2.45) is 7.05 Å². The van der Waals surface area contributed by atoms with Crippen LogP contribution in [-0.4, -0.2) is 29.9 Å². The van der Waals surface area contributed by atoms with Gasteiger partial charge in [0.05, 0.1) is 19.9 Å². The zero-order chi connectivity index (χ0) is 15.6. The lowest BCUT2D eigenvalue weighted by atomic mass is 10.2. The molecule has 0 saturated carbocycles. The summed E-state index contributed by atoms with van der Waals surface area (Å²) in [6.45, 7) is 1.94. The van der Waals surface area contributed by atoms with Crippen LogP contribution in [0.4, 0.5) is 5.69 Å². The third-order valence-corrected chi connectivity index (χ3v) is 3.67. The van der Waals surface area contributed by atoms with Crippen molar-refractivity contribution in [2.45, 2.75) is 6.92 Å². The Bertz CT molecular complexity index is 682. The van der Waals surface area contributed by atoms with Crippen molar-refractivity contribution in [3.05, 3.63) is 33.9 Å².